The highest BCUT2D eigenvalue weighted by atomic mass is 35.5. The molecule has 0 saturated heterocycles. The Kier molecular flexibility index (Phi) is 5.15. The van der Waals surface area contributed by atoms with Gasteiger partial charge in [-0.25, -0.2) is 13.4 Å². The second-order valence-corrected chi connectivity index (χ2v) is 8.94. The van der Waals surface area contributed by atoms with E-state index < -0.39 is 15.9 Å². The van der Waals surface area contributed by atoms with Gasteiger partial charge in [-0.1, -0.05) is 23.2 Å². The number of fused-ring (bicyclic) bond motifs is 1. The number of aromatic nitrogens is 2. The lowest BCUT2D eigenvalue weighted by Gasteiger charge is -2.09. The number of sulfonamides is 1. The highest BCUT2D eigenvalue weighted by Gasteiger charge is 2.16. The molecule has 4 N–H and O–H groups in total. The minimum Gasteiger partial charge on any atom is -0.366 e. The summed E-state index contributed by atoms with van der Waals surface area (Å²) in [6.07, 6.45) is 0. The first-order valence-electron chi connectivity index (χ1n) is 8.61. The molecule has 0 atom stereocenters. The maximum Gasteiger partial charge on any atom is 0.261 e. The quantitative estimate of drug-likeness (QED) is 0.407. The Labute approximate surface area is 181 Å². The van der Waals surface area contributed by atoms with Crippen LogP contribution in [0.1, 0.15) is 10.4 Å². The lowest BCUT2D eigenvalue weighted by molar-refractivity contribution is 0.100. The smallest absolute Gasteiger partial charge is 0.261 e. The summed E-state index contributed by atoms with van der Waals surface area (Å²) in [5.74, 6) is -0.00139. The number of hydrogen-bond acceptors (Lipinski definition) is 4. The standard InChI is InChI=1S/C20H14Cl2N4O3S/c21-15-7-4-13(10-16(15)22)26-30(28,29)14-5-1-11(2-6-14)20-24-17-8-3-12(19(23)27)9-18(17)25-20/h1-10,26H,(H2,23,27)(H,24,25). The van der Waals surface area contributed by atoms with E-state index in [1.165, 1.54) is 30.3 Å². The average Bonchev–Trinajstić information content (AvgIpc) is 3.14. The average molecular weight is 461 g/mol. The summed E-state index contributed by atoms with van der Waals surface area (Å²) in [4.78, 5) is 19.0. The number of benzene rings is 3. The van der Waals surface area contributed by atoms with Crippen LogP contribution in [0.4, 0.5) is 5.69 Å². The number of nitrogens with two attached hydrogens (primary N) is 1. The lowest BCUT2D eigenvalue weighted by Crippen LogP contribution is -2.12. The topological polar surface area (TPSA) is 118 Å². The first-order chi connectivity index (χ1) is 14.2. The summed E-state index contributed by atoms with van der Waals surface area (Å²) >= 11 is 11.8. The minimum atomic E-state index is -3.82. The molecule has 0 fully saturated rings. The Balaban J connectivity index is 1.61. The molecule has 1 aromatic heterocycles. The minimum absolute atomic E-state index is 0.0736. The van der Waals surface area contributed by atoms with E-state index in [-0.39, 0.29) is 9.92 Å². The Bertz CT molecular complexity index is 1380. The van der Waals surface area contributed by atoms with Crippen LogP contribution in [0, 0.1) is 0 Å². The van der Waals surface area contributed by atoms with Crippen LogP contribution in [0.2, 0.25) is 10.0 Å². The second-order valence-electron chi connectivity index (χ2n) is 6.44. The summed E-state index contributed by atoms with van der Waals surface area (Å²) in [6, 6.07) is 15.6. The van der Waals surface area contributed by atoms with Gasteiger partial charge in [0.25, 0.3) is 10.0 Å². The summed E-state index contributed by atoms with van der Waals surface area (Å²) < 4.78 is 27.7. The molecular weight excluding hydrogens is 447 g/mol. The van der Waals surface area contributed by atoms with Crippen LogP contribution in [0.25, 0.3) is 22.4 Å². The van der Waals surface area contributed by atoms with Crippen LogP contribution in [0.3, 0.4) is 0 Å². The van der Waals surface area contributed by atoms with Crippen LogP contribution in [-0.2, 0) is 10.0 Å². The Morgan fingerprint density at radius 2 is 1.70 bits per heavy atom. The molecule has 0 radical (unpaired) electrons. The van der Waals surface area contributed by atoms with E-state index in [9.17, 15) is 13.2 Å². The molecule has 0 aliphatic carbocycles. The third kappa shape index (κ3) is 3.97. The molecule has 4 aromatic rings. The van der Waals surface area contributed by atoms with E-state index in [0.29, 0.717) is 33.2 Å². The van der Waals surface area contributed by atoms with E-state index in [2.05, 4.69) is 14.7 Å². The van der Waals surface area contributed by atoms with Gasteiger partial charge in [-0.3, -0.25) is 9.52 Å². The van der Waals surface area contributed by atoms with Crippen molar-refractivity contribution in [1.29, 1.82) is 0 Å². The highest BCUT2D eigenvalue weighted by Crippen LogP contribution is 2.27. The number of carbonyl (C=O) groups is 1. The van der Waals surface area contributed by atoms with Crippen molar-refractivity contribution in [2.75, 3.05) is 4.72 Å². The molecule has 0 bridgehead atoms. The predicted octanol–water partition coefficient (Wildman–Crippen LogP) is 4.44. The number of imidazole rings is 1. The van der Waals surface area contributed by atoms with Crippen molar-refractivity contribution in [3.05, 3.63) is 76.3 Å². The van der Waals surface area contributed by atoms with Crippen molar-refractivity contribution in [2.24, 2.45) is 5.73 Å². The van der Waals surface area contributed by atoms with Crippen molar-refractivity contribution in [3.63, 3.8) is 0 Å². The molecule has 3 aromatic carbocycles. The number of aromatic amines is 1. The van der Waals surface area contributed by atoms with E-state index in [1.807, 2.05) is 0 Å². The van der Waals surface area contributed by atoms with Crippen LogP contribution in [-0.4, -0.2) is 24.3 Å². The molecule has 0 saturated carbocycles. The van der Waals surface area contributed by atoms with Gasteiger partial charge in [-0.15, -0.1) is 0 Å². The van der Waals surface area contributed by atoms with Crippen molar-refractivity contribution in [2.45, 2.75) is 4.90 Å². The Hall–Kier alpha value is -3.07. The van der Waals surface area contributed by atoms with Crippen molar-refractivity contribution >= 4 is 55.9 Å². The number of amides is 1. The van der Waals surface area contributed by atoms with Gasteiger partial charge in [-0.2, -0.15) is 0 Å². The van der Waals surface area contributed by atoms with Gasteiger partial charge in [0.2, 0.25) is 5.91 Å². The maximum absolute atomic E-state index is 12.6. The number of hydrogen-bond donors (Lipinski definition) is 3. The molecule has 0 spiro atoms. The van der Waals surface area contributed by atoms with Crippen LogP contribution in [0.5, 0.6) is 0 Å². The third-order valence-electron chi connectivity index (χ3n) is 4.38. The molecule has 152 valence electrons. The fourth-order valence-corrected chi connectivity index (χ4v) is 4.21. The summed E-state index contributed by atoms with van der Waals surface area (Å²) in [7, 11) is -3.82. The van der Waals surface area contributed by atoms with E-state index >= 15 is 0 Å². The molecule has 1 amide bonds. The van der Waals surface area contributed by atoms with E-state index in [0.717, 1.165) is 5.52 Å². The number of carbonyl (C=O) groups excluding carboxylic acids is 1. The van der Waals surface area contributed by atoms with Gasteiger partial charge >= 0.3 is 0 Å². The first-order valence-corrected chi connectivity index (χ1v) is 10.8. The van der Waals surface area contributed by atoms with Gasteiger partial charge < -0.3 is 10.7 Å². The largest absolute Gasteiger partial charge is 0.366 e. The zero-order valence-corrected chi connectivity index (χ0v) is 17.5. The molecular formula is C20H14Cl2N4O3S. The molecule has 1 heterocycles. The van der Waals surface area contributed by atoms with Crippen molar-refractivity contribution in [3.8, 4) is 11.4 Å². The lowest BCUT2D eigenvalue weighted by atomic mass is 10.2. The summed E-state index contributed by atoms with van der Waals surface area (Å²) in [5, 5.41) is 0.578. The van der Waals surface area contributed by atoms with Gasteiger partial charge in [0.05, 0.1) is 31.7 Å². The van der Waals surface area contributed by atoms with Gasteiger partial charge in [0.15, 0.2) is 0 Å². The predicted molar refractivity (Wildman–Crippen MR) is 117 cm³/mol. The fourth-order valence-electron chi connectivity index (χ4n) is 2.86. The van der Waals surface area contributed by atoms with E-state index in [4.69, 9.17) is 28.9 Å². The normalized spacial score (nSPS) is 11.5. The summed E-state index contributed by atoms with van der Waals surface area (Å²) in [5.41, 5.74) is 7.95. The van der Waals surface area contributed by atoms with Gasteiger partial charge in [-0.05, 0) is 60.7 Å². The maximum atomic E-state index is 12.6. The number of nitrogens with zero attached hydrogens (tertiary/aromatic N) is 1. The number of H-pyrrole nitrogens is 1. The Morgan fingerprint density at radius 1 is 0.967 bits per heavy atom. The van der Waals surface area contributed by atoms with Crippen molar-refractivity contribution in [1.82, 2.24) is 9.97 Å². The van der Waals surface area contributed by atoms with Crippen LogP contribution >= 0.6 is 23.2 Å². The number of halogens is 2. The van der Waals surface area contributed by atoms with Crippen molar-refractivity contribution < 1.29 is 13.2 Å². The highest BCUT2D eigenvalue weighted by molar-refractivity contribution is 7.92. The molecule has 4 rings (SSSR count). The van der Waals surface area contributed by atoms with E-state index in [1.54, 1.807) is 30.3 Å². The molecule has 30 heavy (non-hydrogen) atoms. The molecule has 0 aliphatic heterocycles. The molecule has 0 unspecified atom stereocenters. The monoisotopic (exact) mass is 460 g/mol. The number of nitrogens with one attached hydrogen (secondary N) is 2. The van der Waals surface area contributed by atoms with Gasteiger partial charge in [0.1, 0.15) is 5.82 Å². The molecule has 0 aliphatic rings. The summed E-state index contributed by atoms with van der Waals surface area (Å²) in [6.45, 7) is 0. The zero-order chi connectivity index (χ0) is 21.5. The third-order valence-corrected chi connectivity index (χ3v) is 6.51. The molecule has 7 nitrogen and oxygen atoms in total. The first kappa shape index (κ1) is 20.2. The number of rotatable bonds is 5. The molecule has 10 heteroatoms. The van der Waals surface area contributed by atoms with Crippen LogP contribution < -0.4 is 10.5 Å². The SMILES string of the molecule is NC(=O)c1ccc2[nH]c(-c3ccc(S(=O)(=O)Nc4ccc(Cl)c(Cl)c4)cc3)nc2c1. The van der Waals surface area contributed by atoms with Gasteiger partial charge in [0, 0.05) is 11.1 Å². The number of anilines is 1. The second kappa shape index (κ2) is 7.64. The van der Waals surface area contributed by atoms with Crippen LogP contribution in [0.15, 0.2) is 65.6 Å². The number of primary amides is 1. The Morgan fingerprint density at radius 3 is 2.37 bits per heavy atom. The fraction of sp³-hybridized carbons (Fsp3) is 0. The zero-order valence-electron chi connectivity index (χ0n) is 15.2.